The van der Waals surface area contributed by atoms with Crippen LogP contribution in [-0.4, -0.2) is 25.2 Å². The summed E-state index contributed by atoms with van der Waals surface area (Å²) >= 11 is 0. The van der Waals surface area contributed by atoms with Crippen molar-refractivity contribution in [1.82, 2.24) is 25.2 Å². The minimum absolute atomic E-state index is 0.447. The first kappa shape index (κ1) is 13.2. The molecule has 0 N–H and O–H groups in total. The number of hydrogen-bond acceptors (Lipinski definition) is 5. The fourth-order valence-electron chi connectivity index (χ4n) is 3.06. The Morgan fingerprint density at radius 1 is 1.14 bits per heavy atom. The summed E-state index contributed by atoms with van der Waals surface area (Å²) in [6, 6.07) is 6.47. The van der Waals surface area contributed by atoms with Gasteiger partial charge in [0, 0.05) is 12.5 Å². The molecule has 0 fully saturated rings. The van der Waals surface area contributed by atoms with E-state index in [-0.39, 0.29) is 0 Å². The molecule has 0 atom stereocenters. The van der Waals surface area contributed by atoms with Gasteiger partial charge in [0.15, 0.2) is 0 Å². The molecule has 112 valence electrons. The normalized spacial score (nSPS) is 14.0. The summed E-state index contributed by atoms with van der Waals surface area (Å²) in [4.78, 5) is 0. The van der Waals surface area contributed by atoms with Crippen molar-refractivity contribution >= 4 is 0 Å². The van der Waals surface area contributed by atoms with E-state index >= 15 is 0 Å². The lowest BCUT2D eigenvalue weighted by Crippen LogP contribution is -2.04. The van der Waals surface area contributed by atoms with Gasteiger partial charge in [-0.15, -0.1) is 15.3 Å². The lowest BCUT2D eigenvalue weighted by atomic mass is 9.87. The third-order valence-corrected chi connectivity index (χ3v) is 4.08. The van der Waals surface area contributed by atoms with Gasteiger partial charge in [0.2, 0.25) is 11.8 Å². The number of aromatic nitrogens is 5. The molecule has 0 aliphatic heterocycles. The van der Waals surface area contributed by atoms with Gasteiger partial charge in [-0.2, -0.15) is 0 Å². The Hall–Kier alpha value is -2.50. The molecule has 2 heterocycles. The van der Waals surface area contributed by atoms with Crippen LogP contribution in [0.4, 0.5) is 0 Å². The van der Waals surface area contributed by atoms with Crippen molar-refractivity contribution in [3.63, 3.8) is 0 Å². The van der Waals surface area contributed by atoms with Gasteiger partial charge in [0.1, 0.15) is 12.2 Å². The van der Waals surface area contributed by atoms with Gasteiger partial charge in [-0.25, -0.2) is 4.68 Å². The van der Waals surface area contributed by atoms with Crippen LogP contribution < -0.4 is 0 Å². The summed E-state index contributed by atoms with van der Waals surface area (Å²) < 4.78 is 7.12. The fraction of sp³-hybridized carbons (Fsp3) is 0.375. The molecule has 0 saturated heterocycles. The minimum Gasteiger partial charge on any atom is -0.424 e. The molecule has 0 unspecified atom stereocenters. The molecule has 0 bridgehead atoms. The molecule has 6 nitrogen and oxygen atoms in total. The van der Waals surface area contributed by atoms with Crippen molar-refractivity contribution < 1.29 is 4.42 Å². The highest BCUT2D eigenvalue weighted by Gasteiger charge is 2.16. The molecule has 1 aliphatic carbocycles. The predicted molar refractivity (Wildman–Crippen MR) is 80.2 cm³/mol. The minimum atomic E-state index is 0.447. The third kappa shape index (κ3) is 2.41. The van der Waals surface area contributed by atoms with E-state index in [1.54, 1.807) is 11.6 Å². The molecule has 1 aromatic carbocycles. The van der Waals surface area contributed by atoms with Gasteiger partial charge in [-0.05, 0) is 36.8 Å². The maximum Gasteiger partial charge on any atom is 0.237 e. The summed E-state index contributed by atoms with van der Waals surface area (Å²) in [6.45, 7) is 2.22. The second-order valence-corrected chi connectivity index (χ2v) is 5.67. The second kappa shape index (κ2) is 5.36. The van der Waals surface area contributed by atoms with Gasteiger partial charge in [0.05, 0.1) is 6.20 Å². The van der Waals surface area contributed by atoms with Crippen LogP contribution in [0.25, 0.3) is 11.3 Å². The van der Waals surface area contributed by atoms with Crippen molar-refractivity contribution in [2.24, 2.45) is 0 Å². The van der Waals surface area contributed by atoms with Crippen LogP contribution in [-0.2, 0) is 19.4 Å². The Bertz CT molecular complexity index is 804. The van der Waals surface area contributed by atoms with Crippen molar-refractivity contribution in [3.8, 4) is 11.3 Å². The lowest BCUT2D eigenvalue weighted by Gasteiger charge is -2.18. The Balaban J connectivity index is 1.64. The van der Waals surface area contributed by atoms with E-state index in [1.165, 1.54) is 36.0 Å². The standard InChI is InChI=1S/C16H17N5O/c1-11-17-19-16(22-11)10-21-9-15(18-20-21)14-8-4-6-12-5-2-3-7-13(12)14/h4,6,8-9H,2-3,5,7,10H2,1H3. The van der Waals surface area contributed by atoms with Crippen LogP contribution in [0.3, 0.4) is 0 Å². The molecule has 6 heteroatoms. The molecule has 22 heavy (non-hydrogen) atoms. The molecule has 0 amide bonds. The molecule has 0 radical (unpaired) electrons. The van der Waals surface area contributed by atoms with Gasteiger partial charge in [-0.1, -0.05) is 23.4 Å². The van der Waals surface area contributed by atoms with Gasteiger partial charge in [0.25, 0.3) is 0 Å². The third-order valence-electron chi connectivity index (χ3n) is 4.08. The molecule has 2 aromatic heterocycles. The number of hydrogen-bond donors (Lipinski definition) is 0. The predicted octanol–water partition coefficient (Wildman–Crippen LogP) is 2.56. The Labute approximate surface area is 128 Å². The van der Waals surface area contributed by atoms with Crippen LogP contribution in [0.5, 0.6) is 0 Å². The summed E-state index contributed by atoms with van der Waals surface area (Å²) in [5.41, 5.74) is 4.99. The van der Waals surface area contributed by atoms with Crippen LogP contribution in [0, 0.1) is 6.92 Å². The van der Waals surface area contributed by atoms with Crippen molar-refractivity contribution in [2.75, 3.05) is 0 Å². The number of fused-ring (bicyclic) bond motifs is 1. The first-order valence-electron chi connectivity index (χ1n) is 7.60. The van der Waals surface area contributed by atoms with Crippen molar-refractivity contribution in [3.05, 3.63) is 47.3 Å². The zero-order valence-electron chi connectivity index (χ0n) is 12.5. The summed E-state index contributed by atoms with van der Waals surface area (Å²) in [6.07, 6.45) is 6.77. The SMILES string of the molecule is Cc1nnc(Cn2cc(-c3cccc4c3CCCC4)nn2)o1. The zero-order chi connectivity index (χ0) is 14.9. The Kier molecular flexibility index (Phi) is 3.21. The number of benzene rings is 1. The molecule has 4 rings (SSSR count). The molecule has 1 aliphatic rings. The summed E-state index contributed by atoms with van der Waals surface area (Å²) in [5, 5.41) is 16.3. The summed E-state index contributed by atoms with van der Waals surface area (Å²) in [7, 11) is 0. The Morgan fingerprint density at radius 3 is 2.91 bits per heavy atom. The number of nitrogens with zero attached hydrogens (tertiary/aromatic N) is 5. The zero-order valence-corrected chi connectivity index (χ0v) is 12.5. The Morgan fingerprint density at radius 2 is 2.05 bits per heavy atom. The van der Waals surface area contributed by atoms with Crippen LogP contribution in [0.1, 0.15) is 35.7 Å². The first-order chi connectivity index (χ1) is 10.8. The summed E-state index contributed by atoms with van der Waals surface area (Å²) in [5.74, 6) is 1.11. The maximum atomic E-state index is 5.38. The second-order valence-electron chi connectivity index (χ2n) is 5.67. The largest absolute Gasteiger partial charge is 0.424 e. The van der Waals surface area contributed by atoms with E-state index in [9.17, 15) is 0 Å². The van der Waals surface area contributed by atoms with E-state index in [1.807, 2.05) is 6.20 Å². The molecule has 0 spiro atoms. The molecular formula is C16H17N5O. The van der Waals surface area contributed by atoms with Gasteiger partial charge in [-0.3, -0.25) is 0 Å². The molecular weight excluding hydrogens is 278 g/mol. The van der Waals surface area contributed by atoms with Crippen molar-refractivity contribution in [1.29, 1.82) is 0 Å². The van der Waals surface area contributed by atoms with Gasteiger partial charge >= 0.3 is 0 Å². The van der Waals surface area contributed by atoms with E-state index in [4.69, 9.17) is 4.42 Å². The number of aryl methyl sites for hydroxylation is 2. The van der Waals surface area contributed by atoms with Crippen LogP contribution in [0.15, 0.2) is 28.8 Å². The quantitative estimate of drug-likeness (QED) is 0.742. The van der Waals surface area contributed by atoms with Gasteiger partial charge < -0.3 is 4.42 Å². The first-order valence-corrected chi connectivity index (χ1v) is 7.60. The van der Waals surface area contributed by atoms with E-state index in [2.05, 4.69) is 38.7 Å². The fourth-order valence-corrected chi connectivity index (χ4v) is 3.06. The highest BCUT2D eigenvalue weighted by molar-refractivity contribution is 5.65. The average Bonchev–Trinajstić information content (AvgIpc) is 3.16. The maximum absolute atomic E-state index is 5.38. The van der Waals surface area contributed by atoms with E-state index in [0.29, 0.717) is 18.3 Å². The molecule has 0 saturated carbocycles. The highest BCUT2D eigenvalue weighted by Crippen LogP contribution is 2.30. The van der Waals surface area contributed by atoms with Crippen LogP contribution in [0.2, 0.25) is 0 Å². The van der Waals surface area contributed by atoms with Crippen LogP contribution >= 0.6 is 0 Å². The average molecular weight is 295 g/mol. The topological polar surface area (TPSA) is 69.6 Å². The highest BCUT2D eigenvalue weighted by atomic mass is 16.4. The monoisotopic (exact) mass is 295 g/mol. The number of rotatable bonds is 3. The smallest absolute Gasteiger partial charge is 0.237 e. The molecule has 3 aromatic rings. The van der Waals surface area contributed by atoms with E-state index < -0.39 is 0 Å². The van der Waals surface area contributed by atoms with E-state index in [0.717, 1.165) is 12.1 Å². The van der Waals surface area contributed by atoms with Crippen molar-refractivity contribution in [2.45, 2.75) is 39.2 Å². The lowest BCUT2D eigenvalue weighted by molar-refractivity contribution is 0.441.